The average molecular weight is 323 g/mol. The second kappa shape index (κ2) is 7.93. The van der Waals surface area contributed by atoms with Crippen LogP contribution >= 0.6 is 0 Å². The molecule has 0 N–H and O–H groups in total. The quantitative estimate of drug-likeness (QED) is 0.603. The van der Waals surface area contributed by atoms with E-state index in [-0.39, 0.29) is 18.6 Å². The highest BCUT2D eigenvalue weighted by Gasteiger charge is 2.14. The molecular formula is C19H17NO4. The van der Waals surface area contributed by atoms with E-state index in [1.807, 2.05) is 6.07 Å². The van der Waals surface area contributed by atoms with E-state index >= 15 is 0 Å². The van der Waals surface area contributed by atoms with Crippen molar-refractivity contribution in [1.82, 2.24) is 0 Å². The molecule has 0 radical (unpaired) electrons. The third-order valence-corrected chi connectivity index (χ3v) is 3.61. The summed E-state index contributed by atoms with van der Waals surface area (Å²) in [7, 11) is 2.82. The molecule has 24 heavy (non-hydrogen) atoms. The molecule has 0 aromatic heterocycles. The molecule has 2 aromatic rings. The van der Waals surface area contributed by atoms with Crippen LogP contribution in [0.4, 0.5) is 0 Å². The van der Waals surface area contributed by atoms with Gasteiger partial charge >= 0.3 is 5.97 Å². The molecular weight excluding hydrogens is 306 g/mol. The van der Waals surface area contributed by atoms with E-state index in [2.05, 4.69) is 4.74 Å². The van der Waals surface area contributed by atoms with Gasteiger partial charge in [-0.3, -0.25) is 9.59 Å². The van der Waals surface area contributed by atoms with E-state index in [9.17, 15) is 9.59 Å². The minimum absolute atomic E-state index is 0.0393. The Morgan fingerprint density at radius 3 is 2.33 bits per heavy atom. The third-order valence-electron chi connectivity index (χ3n) is 3.61. The summed E-state index contributed by atoms with van der Waals surface area (Å²) in [6.07, 6.45) is 0.257. The predicted octanol–water partition coefficient (Wildman–Crippen LogP) is 2.71. The summed E-state index contributed by atoms with van der Waals surface area (Å²) in [4.78, 5) is 23.9. The number of esters is 1. The van der Waals surface area contributed by atoms with Crippen molar-refractivity contribution in [2.75, 3.05) is 14.2 Å². The Balaban J connectivity index is 2.20. The van der Waals surface area contributed by atoms with Crippen molar-refractivity contribution in [2.45, 2.75) is 12.8 Å². The Morgan fingerprint density at radius 1 is 1.04 bits per heavy atom. The summed E-state index contributed by atoms with van der Waals surface area (Å²) < 4.78 is 9.89. The lowest BCUT2D eigenvalue weighted by Gasteiger charge is -2.10. The molecule has 0 fully saturated rings. The Labute approximate surface area is 140 Å². The fourth-order valence-corrected chi connectivity index (χ4v) is 2.30. The number of ether oxygens (including phenoxy) is 2. The van der Waals surface area contributed by atoms with Gasteiger partial charge in [-0.05, 0) is 35.9 Å². The van der Waals surface area contributed by atoms with Crippen molar-refractivity contribution in [3.8, 4) is 11.8 Å². The number of benzene rings is 2. The number of rotatable bonds is 6. The second-order valence-corrected chi connectivity index (χ2v) is 5.19. The van der Waals surface area contributed by atoms with Crippen molar-refractivity contribution in [2.24, 2.45) is 0 Å². The van der Waals surface area contributed by atoms with Gasteiger partial charge in [-0.25, -0.2) is 0 Å². The van der Waals surface area contributed by atoms with Gasteiger partial charge in [0.05, 0.1) is 32.3 Å². The number of carbonyl (C=O) groups excluding carboxylic acids is 2. The first-order chi connectivity index (χ1) is 11.6. The lowest BCUT2D eigenvalue weighted by Crippen LogP contribution is -2.09. The SMILES string of the molecule is COC(=O)Cc1cc(C(=O)Cc2ccc(C#N)cc2)ccc1OC. The minimum atomic E-state index is -0.398. The van der Waals surface area contributed by atoms with Crippen molar-refractivity contribution in [3.05, 3.63) is 64.7 Å². The zero-order valence-electron chi connectivity index (χ0n) is 13.5. The Bertz CT molecular complexity index is 788. The van der Waals surface area contributed by atoms with Gasteiger partial charge in [0.2, 0.25) is 0 Å². The lowest BCUT2D eigenvalue weighted by molar-refractivity contribution is -0.139. The maximum absolute atomic E-state index is 12.5. The van der Waals surface area contributed by atoms with Gasteiger partial charge in [0.15, 0.2) is 5.78 Å². The number of hydrogen-bond donors (Lipinski definition) is 0. The van der Waals surface area contributed by atoms with E-state index < -0.39 is 5.97 Å². The molecule has 0 unspecified atom stereocenters. The number of nitrogens with zero attached hydrogens (tertiary/aromatic N) is 1. The van der Waals surface area contributed by atoms with E-state index in [1.165, 1.54) is 14.2 Å². The molecule has 5 heteroatoms. The highest BCUT2D eigenvalue weighted by molar-refractivity contribution is 5.98. The lowest BCUT2D eigenvalue weighted by atomic mass is 9.99. The van der Waals surface area contributed by atoms with Crippen LogP contribution in [0.1, 0.15) is 27.0 Å². The molecule has 0 saturated heterocycles. The first-order valence-electron chi connectivity index (χ1n) is 7.33. The number of hydrogen-bond acceptors (Lipinski definition) is 5. The van der Waals surface area contributed by atoms with Gasteiger partial charge in [0.1, 0.15) is 5.75 Å². The number of methoxy groups -OCH3 is 2. The average Bonchev–Trinajstić information content (AvgIpc) is 2.62. The largest absolute Gasteiger partial charge is 0.496 e. The summed E-state index contributed by atoms with van der Waals surface area (Å²) in [5, 5.41) is 8.79. The van der Waals surface area contributed by atoms with Crippen molar-refractivity contribution >= 4 is 11.8 Å². The van der Waals surface area contributed by atoms with Crippen LogP contribution in [-0.2, 0) is 22.4 Å². The molecule has 0 atom stereocenters. The van der Waals surface area contributed by atoms with Gasteiger partial charge in [0, 0.05) is 17.5 Å². The van der Waals surface area contributed by atoms with Gasteiger partial charge in [-0.15, -0.1) is 0 Å². The predicted molar refractivity (Wildman–Crippen MR) is 87.9 cm³/mol. The standard InChI is InChI=1S/C19H17NO4/c1-23-18-8-7-15(10-16(18)11-19(22)24-2)17(21)9-13-3-5-14(12-20)6-4-13/h3-8,10H,9,11H2,1-2H3. The van der Waals surface area contributed by atoms with E-state index in [4.69, 9.17) is 10.00 Å². The third kappa shape index (κ3) is 4.20. The molecule has 2 rings (SSSR count). The normalized spacial score (nSPS) is 9.88. The summed E-state index contributed by atoms with van der Waals surface area (Å²) >= 11 is 0. The van der Waals surface area contributed by atoms with Gasteiger partial charge < -0.3 is 9.47 Å². The van der Waals surface area contributed by atoms with E-state index in [1.54, 1.807) is 42.5 Å². The number of nitriles is 1. The van der Waals surface area contributed by atoms with Crippen LogP contribution in [0.3, 0.4) is 0 Å². The summed E-state index contributed by atoms with van der Waals surface area (Å²) in [5.74, 6) is 0.0637. The monoisotopic (exact) mass is 323 g/mol. The summed E-state index contributed by atoms with van der Waals surface area (Å²) in [6.45, 7) is 0. The molecule has 2 aromatic carbocycles. The zero-order valence-corrected chi connectivity index (χ0v) is 13.5. The zero-order chi connectivity index (χ0) is 17.5. The van der Waals surface area contributed by atoms with E-state index in [0.717, 1.165) is 5.56 Å². The van der Waals surface area contributed by atoms with E-state index in [0.29, 0.717) is 22.4 Å². The topological polar surface area (TPSA) is 76.4 Å². The molecule has 0 aliphatic carbocycles. The Hall–Kier alpha value is -3.13. The van der Waals surface area contributed by atoms with Crippen LogP contribution in [0.25, 0.3) is 0 Å². The van der Waals surface area contributed by atoms with Crippen LogP contribution in [0, 0.1) is 11.3 Å². The van der Waals surface area contributed by atoms with Crippen LogP contribution in [0.15, 0.2) is 42.5 Å². The van der Waals surface area contributed by atoms with Gasteiger partial charge in [-0.1, -0.05) is 12.1 Å². The molecule has 5 nitrogen and oxygen atoms in total. The number of carbonyl (C=O) groups is 2. The molecule has 0 aliphatic rings. The fraction of sp³-hybridized carbons (Fsp3) is 0.211. The van der Waals surface area contributed by atoms with Gasteiger partial charge in [0.25, 0.3) is 0 Å². The molecule has 0 heterocycles. The molecule has 0 saturated carbocycles. The molecule has 122 valence electrons. The highest BCUT2D eigenvalue weighted by atomic mass is 16.5. The molecule has 0 amide bonds. The number of ketones is 1. The van der Waals surface area contributed by atoms with Gasteiger partial charge in [-0.2, -0.15) is 5.26 Å². The summed E-state index contributed by atoms with van der Waals surface area (Å²) in [6, 6.07) is 13.9. The minimum Gasteiger partial charge on any atom is -0.496 e. The first-order valence-corrected chi connectivity index (χ1v) is 7.33. The van der Waals surface area contributed by atoms with Crippen molar-refractivity contribution in [3.63, 3.8) is 0 Å². The van der Waals surface area contributed by atoms with Crippen LogP contribution < -0.4 is 4.74 Å². The van der Waals surface area contributed by atoms with Crippen LogP contribution in [0.2, 0.25) is 0 Å². The maximum atomic E-state index is 12.5. The smallest absolute Gasteiger partial charge is 0.310 e. The Morgan fingerprint density at radius 2 is 1.75 bits per heavy atom. The van der Waals surface area contributed by atoms with Crippen molar-refractivity contribution < 1.29 is 19.1 Å². The second-order valence-electron chi connectivity index (χ2n) is 5.19. The Kier molecular flexibility index (Phi) is 5.69. The molecule has 0 aliphatic heterocycles. The maximum Gasteiger partial charge on any atom is 0.310 e. The van der Waals surface area contributed by atoms with Crippen LogP contribution in [-0.4, -0.2) is 26.0 Å². The van der Waals surface area contributed by atoms with Crippen LogP contribution in [0.5, 0.6) is 5.75 Å². The van der Waals surface area contributed by atoms with Crippen molar-refractivity contribution in [1.29, 1.82) is 5.26 Å². The first kappa shape index (κ1) is 17.2. The fourth-order valence-electron chi connectivity index (χ4n) is 2.30. The molecule has 0 bridgehead atoms. The molecule has 0 spiro atoms. The number of Topliss-reactive ketones (excluding diaryl/α,β-unsaturated/α-hetero) is 1. The summed E-state index contributed by atoms with van der Waals surface area (Å²) in [5.41, 5.74) is 2.48. The highest BCUT2D eigenvalue weighted by Crippen LogP contribution is 2.22.